The van der Waals surface area contributed by atoms with E-state index in [4.69, 9.17) is 4.74 Å². The molecule has 0 bridgehead atoms. The fourth-order valence-corrected chi connectivity index (χ4v) is 3.17. The fraction of sp³-hybridized carbons (Fsp3) is 0.400. The molecule has 1 atom stereocenters. The minimum absolute atomic E-state index is 0. The van der Waals surface area contributed by atoms with Gasteiger partial charge in [0.1, 0.15) is 18.1 Å². The van der Waals surface area contributed by atoms with Crippen LogP contribution in [0.4, 0.5) is 14.5 Å². The first-order valence-corrected chi connectivity index (χ1v) is 9.44. The number of hydrogen-bond acceptors (Lipinski definition) is 5. The lowest BCUT2D eigenvalue weighted by atomic mass is 10.2. The van der Waals surface area contributed by atoms with E-state index in [2.05, 4.69) is 25.3 Å². The predicted octanol–water partition coefficient (Wildman–Crippen LogP) is 3.12. The van der Waals surface area contributed by atoms with Gasteiger partial charge in [0.25, 0.3) is 0 Å². The van der Waals surface area contributed by atoms with Gasteiger partial charge in [-0.3, -0.25) is 9.98 Å². The molecule has 1 aliphatic heterocycles. The van der Waals surface area contributed by atoms with Crippen molar-refractivity contribution in [3.63, 3.8) is 0 Å². The van der Waals surface area contributed by atoms with Crippen LogP contribution in [0, 0.1) is 0 Å². The molecule has 3 rings (SSSR count). The Morgan fingerprint density at radius 2 is 2.13 bits per heavy atom. The molecule has 1 fully saturated rings. The van der Waals surface area contributed by atoms with Gasteiger partial charge >= 0.3 is 6.61 Å². The fourth-order valence-electron chi connectivity index (χ4n) is 3.17. The summed E-state index contributed by atoms with van der Waals surface area (Å²) < 4.78 is 35.5. The third-order valence-corrected chi connectivity index (χ3v) is 4.47. The van der Waals surface area contributed by atoms with Crippen LogP contribution >= 0.6 is 24.0 Å². The summed E-state index contributed by atoms with van der Waals surface area (Å²) in [5.41, 5.74) is 0.671. The lowest BCUT2D eigenvalue weighted by Gasteiger charge is -2.22. The summed E-state index contributed by atoms with van der Waals surface area (Å²) in [5.74, 6) is 1.58. The third-order valence-electron chi connectivity index (χ3n) is 4.47. The molecular weight excluding hydrogens is 507 g/mol. The highest BCUT2D eigenvalue weighted by Gasteiger charge is 2.25. The van der Waals surface area contributed by atoms with Crippen LogP contribution in [0.25, 0.3) is 0 Å². The molecule has 2 heterocycles. The molecule has 1 saturated heterocycles. The number of hydrogen-bond donors (Lipinski definition) is 2. The first kappa shape index (κ1) is 23.9. The van der Waals surface area contributed by atoms with Crippen molar-refractivity contribution < 1.29 is 18.3 Å². The van der Waals surface area contributed by atoms with Crippen LogP contribution in [0.15, 0.2) is 53.8 Å². The molecule has 1 aromatic carbocycles. The van der Waals surface area contributed by atoms with E-state index in [0.717, 1.165) is 13.0 Å². The topological polar surface area (TPSA) is 71.0 Å². The number of rotatable bonds is 8. The van der Waals surface area contributed by atoms with Crippen molar-refractivity contribution >= 4 is 35.6 Å². The van der Waals surface area contributed by atoms with E-state index in [9.17, 15) is 8.78 Å². The molecule has 2 N–H and O–H groups in total. The maximum atomic E-state index is 12.6. The van der Waals surface area contributed by atoms with Crippen molar-refractivity contribution in [2.75, 3.05) is 38.2 Å². The molecule has 30 heavy (non-hydrogen) atoms. The molecular formula is C20H26F2IN5O2. The Morgan fingerprint density at radius 3 is 2.87 bits per heavy atom. The van der Waals surface area contributed by atoms with Gasteiger partial charge in [-0.05, 0) is 30.7 Å². The van der Waals surface area contributed by atoms with E-state index in [1.165, 1.54) is 0 Å². The summed E-state index contributed by atoms with van der Waals surface area (Å²) in [6.45, 7) is -0.388. The van der Waals surface area contributed by atoms with Crippen LogP contribution < -0.4 is 25.0 Å². The van der Waals surface area contributed by atoms with Gasteiger partial charge in [0.15, 0.2) is 5.96 Å². The van der Waals surface area contributed by atoms with Crippen molar-refractivity contribution in [1.82, 2.24) is 15.6 Å². The van der Waals surface area contributed by atoms with E-state index in [1.54, 1.807) is 37.6 Å². The van der Waals surface area contributed by atoms with Crippen molar-refractivity contribution in [3.8, 4) is 11.5 Å². The number of halogens is 3. The molecule has 1 aromatic heterocycles. The highest BCUT2D eigenvalue weighted by atomic mass is 127. The number of ether oxygens (including phenoxy) is 2. The summed E-state index contributed by atoms with van der Waals surface area (Å²) in [7, 11) is 1.70. The van der Waals surface area contributed by atoms with Crippen LogP contribution in [0.3, 0.4) is 0 Å². The van der Waals surface area contributed by atoms with Gasteiger partial charge in [-0.15, -0.1) is 24.0 Å². The zero-order chi connectivity index (χ0) is 20.5. The van der Waals surface area contributed by atoms with Gasteiger partial charge in [0.05, 0.1) is 18.4 Å². The average Bonchev–Trinajstić information content (AvgIpc) is 3.19. The zero-order valence-corrected chi connectivity index (χ0v) is 19.0. The van der Waals surface area contributed by atoms with Crippen molar-refractivity contribution in [2.24, 2.45) is 4.99 Å². The molecule has 0 spiro atoms. The smallest absolute Gasteiger partial charge is 0.387 e. The minimum atomic E-state index is -2.84. The lowest BCUT2D eigenvalue weighted by Crippen LogP contribution is -2.45. The molecule has 164 valence electrons. The lowest BCUT2D eigenvalue weighted by molar-refractivity contribution is -0.0495. The predicted molar refractivity (Wildman–Crippen MR) is 123 cm³/mol. The summed E-state index contributed by atoms with van der Waals surface area (Å²) >= 11 is 0. The summed E-state index contributed by atoms with van der Waals surface area (Å²) in [6, 6.07) is 10.7. The van der Waals surface area contributed by atoms with E-state index < -0.39 is 6.61 Å². The second kappa shape index (κ2) is 12.4. The maximum absolute atomic E-state index is 12.6. The third kappa shape index (κ3) is 7.15. The Hall–Kier alpha value is -2.37. The quantitative estimate of drug-likeness (QED) is 0.235. The van der Waals surface area contributed by atoms with Gasteiger partial charge in [0.2, 0.25) is 0 Å². The Bertz CT molecular complexity index is 798. The number of benzene rings is 1. The monoisotopic (exact) mass is 533 g/mol. The summed E-state index contributed by atoms with van der Waals surface area (Å²) in [6.07, 6.45) is 4.21. The molecule has 2 aromatic rings. The number of anilines is 1. The van der Waals surface area contributed by atoms with Gasteiger partial charge in [-0.1, -0.05) is 12.1 Å². The first-order valence-electron chi connectivity index (χ1n) is 9.44. The Balaban J connectivity index is 0.00000320. The zero-order valence-electron chi connectivity index (χ0n) is 16.6. The number of nitrogens with one attached hydrogen (secondary N) is 2. The van der Waals surface area contributed by atoms with E-state index in [0.29, 0.717) is 37.1 Å². The largest absolute Gasteiger partial charge is 0.490 e. The second-order valence-corrected chi connectivity index (χ2v) is 6.46. The van der Waals surface area contributed by atoms with Crippen LogP contribution in [0.2, 0.25) is 0 Å². The van der Waals surface area contributed by atoms with Crippen molar-refractivity contribution in [2.45, 2.75) is 19.1 Å². The highest BCUT2D eigenvalue weighted by molar-refractivity contribution is 14.0. The standard InChI is InChI=1S/C20H25F2N5O2.HI/c1-23-20(25-10-12-28-16-5-4-9-24-13-16)26-15-8-11-27(14-15)17-6-2-3-7-18(17)29-19(21)22;/h2-7,9,13,15,19H,8,10-12,14H2,1H3,(H2,23,25,26);1H. The molecule has 0 radical (unpaired) electrons. The van der Waals surface area contributed by atoms with Gasteiger partial charge in [-0.2, -0.15) is 8.78 Å². The number of guanidine groups is 1. The average molecular weight is 533 g/mol. The second-order valence-electron chi connectivity index (χ2n) is 6.46. The summed E-state index contributed by atoms with van der Waals surface area (Å²) in [5, 5.41) is 6.57. The van der Waals surface area contributed by atoms with Crippen LogP contribution in [-0.4, -0.2) is 56.9 Å². The van der Waals surface area contributed by atoms with Gasteiger partial charge < -0.3 is 25.0 Å². The summed E-state index contributed by atoms with van der Waals surface area (Å²) in [4.78, 5) is 10.3. The first-order chi connectivity index (χ1) is 14.2. The SMILES string of the molecule is CN=C(NCCOc1cccnc1)NC1CCN(c2ccccc2OC(F)F)C1.I. The van der Waals surface area contributed by atoms with Crippen LogP contribution in [0.5, 0.6) is 11.5 Å². The number of aliphatic imine (C=N–C) groups is 1. The molecule has 10 heteroatoms. The van der Waals surface area contributed by atoms with E-state index in [-0.39, 0.29) is 35.8 Å². The van der Waals surface area contributed by atoms with Crippen LogP contribution in [-0.2, 0) is 0 Å². The minimum Gasteiger partial charge on any atom is -0.490 e. The molecule has 0 amide bonds. The van der Waals surface area contributed by atoms with Crippen LogP contribution in [0.1, 0.15) is 6.42 Å². The number of pyridine rings is 1. The van der Waals surface area contributed by atoms with Gasteiger partial charge in [-0.25, -0.2) is 0 Å². The van der Waals surface area contributed by atoms with Crippen molar-refractivity contribution in [3.05, 3.63) is 48.8 Å². The number of aromatic nitrogens is 1. The molecule has 1 aliphatic rings. The molecule has 0 saturated carbocycles. The van der Waals surface area contributed by atoms with Gasteiger partial charge in [0, 0.05) is 32.4 Å². The Kier molecular flexibility index (Phi) is 9.84. The van der Waals surface area contributed by atoms with E-state index >= 15 is 0 Å². The normalized spacial score (nSPS) is 16.2. The van der Waals surface area contributed by atoms with E-state index in [1.807, 2.05) is 23.1 Å². The Labute approximate surface area is 191 Å². The Morgan fingerprint density at radius 1 is 1.30 bits per heavy atom. The maximum Gasteiger partial charge on any atom is 0.387 e. The highest BCUT2D eigenvalue weighted by Crippen LogP contribution is 2.31. The molecule has 0 aliphatic carbocycles. The molecule has 1 unspecified atom stereocenters. The van der Waals surface area contributed by atoms with Crippen molar-refractivity contribution in [1.29, 1.82) is 0 Å². The number of alkyl halides is 2. The number of nitrogens with zero attached hydrogens (tertiary/aromatic N) is 3. The molecule has 7 nitrogen and oxygen atoms in total. The number of para-hydroxylation sites is 2.